The van der Waals surface area contributed by atoms with Gasteiger partial charge in [-0.15, -0.1) is 0 Å². The molecule has 1 unspecified atom stereocenters. The third kappa shape index (κ3) is 2.47. The van der Waals surface area contributed by atoms with E-state index in [9.17, 15) is 4.79 Å². The van der Waals surface area contributed by atoms with E-state index in [1.165, 1.54) is 6.33 Å². The SMILES string of the molecule is O=C(CC1CCOc2ccccc21)c1cncnc1. The Morgan fingerprint density at radius 3 is 2.89 bits per heavy atom. The average molecular weight is 254 g/mol. The van der Waals surface area contributed by atoms with E-state index in [0.29, 0.717) is 18.6 Å². The molecular weight excluding hydrogens is 240 g/mol. The van der Waals surface area contributed by atoms with Gasteiger partial charge in [0, 0.05) is 18.8 Å². The summed E-state index contributed by atoms with van der Waals surface area (Å²) in [5, 5.41) is 0. The van der Waals surface area contributed by atoms with E-state index >= 15 is 0 Å². The number of benzene rings is 1. The molecule has 2 heterocycles. The van der Waals surface area contributed by atoms with Crippen molar-refractivity contribution in [2.24, 2.45) is 0 Å². The zero-order valence-electron chi connectivity index (χ0n) is 10.5. The van der Waals surface area contributed by atoms with Gasteiger partial charge in [0.2, 0.25) is 0 Å². The van der Waals surface area contributed by atoms with Gasteiger partial charge in [-0.1, -0.05) is 18.2 Å². The van der Waals surface area contributed by atoms with Crippen LogP contribution in [0.2, 0.25) is 0 Å². The molecule has 0 saturated heterocycles. The molecule has 0 saturated carbocycles. The van der Waals surface area contributed by atoms with Gasteiger partial charge in [-0.3, -0.25) is 4.79 Å². The van der Waals surface area contributed by atoms with Gasteiger partial charge in [-0.2, -0.15) is 0 Å². The number of ketones is 1. The second kappa shape index (κ2) is 5.18. The van der Waals surface area contributed by atoms with E-state index in [0.717, 1.165) is 17.7 Å². The van der Waals surface area contributed by atoms with Gasteiger partial charge in [-0.25, -0.2) is 9.97 Å². The highest BCUT2D eigenvalue weighted by atomic mass is 16.5. The van der Waals surface area contributed by atoms with Crippen LogP contribution in [0.3, 0.4) is 0 Å². The number of hydrogen-bond donors (Lipinski definition) is 0. The first-order valence-electron chi connectivity index (χ1n) is 6.34. The lowest BCUT2D eigenvalue weighted by Crippen LogP contribution is -2.17. The van der Waals surface area contributed by atoms with Crippen molar-refractivity contribution in [2.45, 2.75) is 18.8 Å². The van der Waals surface area contributed by atoms with E-state index < -0.39 is 0 Å². The van der Waals surface area contributed by atoms with Crippen molar-refractivity contribution in [1.82, 2.24) is 9.97 Å². The largest absolute Gasteiger partial charge is 0.493 e. The van der Waals surface area contributed by atoms with Crippen molar-refractivity contribution in [2.75, 3.05) is 6.61 Å². The van der Waals surface area contributed by atoms with Gasteiger partial charge in [0.05, 0.1) is 12.2 Å². The van der Waals surface area contributed by atoms with Crippen molar-refractivity contribution in [3.63, 3.8) is 0 Å². The lowest BCUT2D eigenvalue weighted by atomic mass is 9.88. The molecule has 0 amide bonds. The summed E-state index contributed by atoms with van der Waals surface area (Å²) in [5.74, 6) is 1.20. The average Bonchev–Trinajstić information content (AvgIpc) is 2.48. The Kier molecular flexibility index (Phi) is 3.23. The molecule has 0 radical (unpaired) electrons. The molecular formula is C15H14N2O2. The smallest absolute Gasteiger partial charge is 0.166 e. The lowest BCUT2D eigenvalue weighted by molar-refractivity contribution is 0.0965. The van der Waals surface area contributed by atoms with Crippen LogP contribution in [0.15, 0.2) is 43.0 Å². The maximum atomic E-state index is 12.2. The highest BCUT2D eigenvalue weighted by Crippen LogP contribution is 2.35. The molecule has 0 aliphatic carbocycles. The Morgan fingerprint density at radius 1 is 1.26 bits per heavy atom. The summed E-state index contributed by atoms with van der Waals surface area (Å²) < 4.78 is 5.60. The third-order valence-electron chi connectivity index (χ3n) is 3.40. The molecule has 4 nitrogen and oxygen atoms in total. The summed E-state index contributed by atoms with van der Waals surface area (Å²) in [6.45, 7) is 0.667. The summed E-state index contributed by atoms with van der Waals surface area (Å²) >= 11 is 0. The number of Topliss-reactive ketones (excluding diaryl/α,β-unsaturated/α-hetero) is 1. The summed E-state index contributed by atoms with van der Waals surface area (Å²) in [6.07, 6.45) is 5.92. The number of aromatic nitrogens is 2. The maximum Gasteiger partial charge on any atom is 0.166 e. The first-order valence-corrected chi connectivity index (χ1v) is 6.34. The van der Waals surface area contributed by atoms with Crippen molar-refractivity contribution >= 4 is 5.78 Å². The summed E-state index contributed by atoms with van der Waals surface area (Å²) in [4.78, 5) is 20.0. The second-order valence-corrected chi connectivity index (χ2v) is 4.63. The Labute approximate surface area is 111 Å². The Morgan fingerprint density at radius 2 is 2.05 bits per heavy atom. The van der Waals surface area contributed by atoms with Crippen molar-refractivity contribution in [3.8, 4) is 5.75 Å². The first kappa shape index (κ1) is 11.8. The monoisotopic (exact) mass is 254 g/mol. The number of carbonyl (C=O) groups excluding carboxylic acids is 1. The van der Waals surface area contributed by atoms with E-state index in [-0.39, 0.29) is 11.7 Å². The number of nitrogens with zero attached hydrogens (tertiary/aromatic N) is 2. The standard InChI is InChI=1S/C15H14N2O2/c18-14(12-8-16-10-17-9-12)7-11-5-6-19-15-4-2-1-3-13(11)15/h1-4,8-11H,5-7H2. The molecule has 0 fully saturated rings. The van der Waals surface area contributed by atoms with E-state index in [2.05, 4.69) is 9.97 Å². The molecule has 4 heteroatoms. The number of para-hydroxylation sites is 1. The summed E-state index contributed by atoms with van der Waals surface area (Å²) in [6, 6.07) is 7.93. The fourth-order valence-corrected chi connectivity index (χ4v) is 2.41. The maximum absolute atomic E-state index is 12.2. The third-order valence-corrected chi connectivity index (χ3v) is 3.40. The van der Waals surface area contributed by atoms with Crippen LogP contribution >= 0.6 is 0 Å². The molecule has 1 aliphatic rings. The van der Waals surface area contributed by atoms with Crippen LogP contribution in [0.1, 0.15) is 34.7 Å². The van der Waals surface area contributed by atoms with Crippen LogP contribution in [0.25, 0.3) is 0 Å². The molecule has 0 N–H and O–H groups in total. The van der Waals surface area contributed by atoms with Crippen molar-refractivity contribution in [3.05, 3.63) is 54.1 Å². The fourth-order valence-electron chi connectivity index (χ4n) is 2.41. The van der Waals surface area contributed by atoms with Crippen molar-refractivity contribution < 1.29 is 9.53 Å². The van der Waals surface area contributed by atoms with Gasteiger partial charge in [0.25, 0.3) is 0 Å². The zero-order valence-corrected chi connectivity index (χ0v) is 10.5. The van der Waals surface area contributed by atoms with E-state index in [4.69, 9.17) is 4.74 Å². The molecule has 0 bridgehead atoms. The number of fused-ring (bicyclic) bond motifs is 1. The number of carbonyl (C=O) groups is 1. The van der Waals surface area contributed by atoms with Gasteiger partial charge in [0.15, 0.2) is 5.78 Å². The molecule has 19 heavy (non-hydrogen) atoms. The number of ether oxygens (including phenoxy) is 1. The predicted octanol–water partition coefficient (Wildman–Crippen LogP) is 2.62. The van der Waals surface area contributed by atoms with Gasteiger partial charge in [0.1, 0.15) is 12.1 Å². The lowest BCUT2D eigenvalue weighted by Gasteiger charge is -2.25. The van der Waals surface area contributed by atoms with Crippen LogP contribution in [0, 0.1) is 0 Å². The van der Waals surface area contributed by atoms with Gasteiger partial charge < -0.3 is 4.74 Å². The first-order chi connectivity index (χ1) is 9.34. The van der Waals surface area contributed by atoms with E-state index in [1.54, 1.807) is 12.4 Å². The summed E-state index contributed by atoms with van der Waals surface area (Å²) in [5.41, 5.74) is 1.70. The highest BCUT2D eigenvalue weighted by molar-refractivity contribution is 5.96. The van der Waals surface area contributed by atoms with Crippen molar-refractivity contribution in [1.29, 1.82) is 0 Å². The predicted molar refractivity (Wildman–Crippen MR) is 70.3 cm³/mol. The number of hydrogen-bond acceptors (Lipinski definition) is 4. The highest BCUT2D eigenvalue weighted by Gasteiger charge is 2.24. The van der Waals surface area contributed by atoms with Crippen LogP contribution < -0.4 is 4.74 Å². The van der Waals surface area contributed by atoms with E-state index in [1.807, 2.05) is 24.3 Å². The minimum Gasteiger partial charge on any atom is -0.493 e. The van der Waals surface area contributed by atoms with Crippen LogP contribution in [-0.2, 0) is 0 Å². The Hall–Kier alpha value is -2.23. The van der Waals surface area contributed by atoms with Gasteiger partial charge >= 0.3 is 0 Å². The molecule has 1 atom stereocenters. The molecule has 96 valence electrons. The minimum atomic E-state index is 0.0855. The molecule has 1 aromatic heterocycles. The zero-order chi connectivity index (χ0) is 13.1. The van der Waals surface area contributed by atoms with Crippen LogP contribution in [0.4, 0.5) is 0 Å². The second-order valence-electron chi connectivity index (χ2n) is 4.63. The number of rotatable bonds is 3. The Bertz CT molecular complexity index is 584. The van der Waals surface area contributed by atoms with Gasteiger partial charge in [-0.05, 0) is 24.0 Å². The fraction of sp³-hybridized carbons (Fsp3) is 0.267. The summed E-state index contributed by atoms with van der Waals surface area (Å²) in [7, 11) is 0. The van der Waals surface area contributed by atoms with Crippen LogP contribution in [0.5, 0.6) is 5.75 Å². The molecule has 0 spiro atoms. The quantitative estimate of drug-likeness (QED) is 0.790. The molecule has 1 aromatic carbocycles. The Balaban J connectivity index is 1.80. The van der Waals surface area contributed by atoms with Crippen LogP contribution in [-0.4, -0.2) is 22.4 Å². The molecule has 3 rings (SSSR count). The minimum absolute atomic E-state index is 0.0855. The molecule has 2 aromatic rings. The molecule has 1 aliphatic heterocycles. The normalized spacial score (nSPS) is 17.4. The topological polar surface area (TPSA) is 52.1 Å².